The van der Waals surface area contributed by atoms with E-state index in [0.717, 1.165) is 5.69 Å². The van der Waals surface area contributed by atoms with Crippen LogP contribution in [0.3, 0.4) is 0 Å². The average Bonchev–Trinajstić information content (AvgIpc) is 2.98. The maximum Gasteiger partial charge on any atom is 0.256 e. The summed E-state index contributed by atoms with van der Waals surface area (Å²) in [5.41, 5.74) is 1.46. The van der Waals surface area contributed by atoms with Crippen molar-refractivity contribution in [2.24, 2.45) is 5.10 Å². The molecule has 0 radical (unpaired) electrons. The van der Waals surface area contributed by atoms with Crippen molar-refractivity contribution in [1.82, 2.24) is 4.90 Å². The number of nitrogens with zero attached hydrogens (tertiary/aromatic N) is 3. The van der Waals surface area contributed by atoms with Crippen LogP contribution in [-0.4, -0.2) is 34.8 Å². The molecule has 2 aliphatic heterocycles. The van der Waals surface area contributed by atoms with E-state index in [2.05, 4.69) is 5.10 Å². The predicted molar refractivity (Wildman–Crippen MR) is 93.3 cm³/mol. The van der Waals surface area contributed by atoms with E-state index in [9.17, 15) is 9.90 Å². The molecule has 0 saturated carbocycles. The van der Waals surface area contributed by atoms with Crippen LogP contribution in [0, 0.1) is 0 Å². The van der Waals surface area contributed by atoms with E-state index >= 15 is 0 Å². The van der Waals surface area contributed by atoms with Crippen LogP contribution in [-0.2, 0) is 5.66 Å². The molecule has 4 rings (SSSR count). The highest BCUT2D eigenvalue weighted by Gasteiger charge is 2.61. The van der Waals surface area contributed by atoms with Crippen molar-refractivity contribution in [3.05, 3.63) is 64.7 Å². The van der Waals surface area contributed by atoms with E-state index in [-0.39, 0.29) is 5.91 Å². The summed E-state index contributed by atoms with van der Waals surface area (Å²) in [4.78, 5) is 14.4. The van der Waals surface area contributed by atoms with Crippen molar-refractivity contribution in [3.63, 3.8) is 0 Å². The number of hydrogen-bond donors (Lipinski definition) is 1. The third-order valence-corrected chi connectivity index (χ3v) is 5.02. The van der Waals surface area contributed by atoms with Crippen LogP contribution in [0.25, 0.3) is 0 Å². The molecule has 122 valence electrons. The first-order valence-corrected chi connectivity index (χ1v) is 8.02. The fraction of sp³-hybridized carbons (Fsp3) is 0.222. The third kappa shape index (κ3) is 1.74. The summed E-state index contributed by atoms with van der Waals surface area (Å²) < 4.78 is 0. The topological polar surface area (TPSA) is 56.1 Å². The van der Waals surface area contributed by atoms with Gasteiger partial charge in [-0.05, 0) is 31.2 Å². The van der Waals surface area contributed by atoms with Gasteiger partial charge in [0.2, 0.25) is 0 Å². The minimum atomic E-state index is -1.09. The molecule has 2 aromatic rings. The monoisotopic (exact) mass is 341 g/mol. The van der Waals surface area contributed by atoms with Gasteiger partial charge in [0.05, 0.1) is 11.4 Å². The molecule has 0 saturated heterocycles. The Bertz CT molecular complexity index is 868. The van der Waals surface area contributed by atoms with Crippen LogP contribution >= 0.6 is 11.6 Å². The molecule has 2 heterocycles. The van der Waals surface area contributed by atoms with Gasteiger partial charge in [0, 0.05) is 23.2 Å². The van der Waals surface area contributed by atoms with Gasteiger partial charge in [-0.2, -0.15) is 5.10 Å². The van der Waals surface area contributed by atoms with E-state index in [1.165, 1.54) is 0 Å². The number of benzene rings is 2. The zero-order chi connectivity index (χ0) is 17.1. The van der Waals surface area contributed by atoms with Crippen molar-refractivity contribution >= 4 is 28.9 Å². The Kier molecular flexibility index (Phi) is 3.20. The highest BCUT2D eigenvalue weighted by Crippen LogP contribution is 2.49. The average molecular weight is 342 g/mol. The second kappa shape index (κ2) is 5.06. The van der Waals surface area contributed by atoms with E-state index in [4.69, 9.17) is 11.6 Å². The Morgan fingerprint density at radius 1 is 1.21 bits per heavy atom. The predicted octanol–water partition coefficient (Wildman–Crippen LogP) is 2.84. The number of rotatable bonds is 1. The second-order valence-electron chi connectivity index (χ2n) is 6.07. The number of aliphatic hydroxyl groups is 1. The zero-order valence-electron chi connectivity index (χ0n) is 13.3. The SMILES string of the molecule is CC1=NN(c2ccccc2)[C@@]2(c3ccc(Cl)cc3C(=O)N2C)[C@@H]1O. The molecule has 2 aliphatic rings. The van der Waals surface area contributed by atoms with Gasteiger partial charge in [0.15, 0.2) is 5.66 Å². The van der Waals surface area contributed by atoms with Crippen LogP contribution in [0.5, 0.6) is 0 Å². The first kappa shape index (κ1) is 15.2. The Balaban J connectivity index is 2.00. The summed E-state index contributed by atoms with van der Waals surface area (Å²) in [7, 11) is 1.68. The van der Waals surface area contributed by atoms with Crippen LogP contribution in [0.1, 0.15) is 22.8 Å². The van der Waals surface area contributed by atoms with Gasteiger partial charge < -0.3 is 10.0 Å². The van der Waals surface area contributed by atoms with Crippen molar-refractivity contribution in [1.29, 1.82) is 0 Å². The summed E-state index contributed by atoms with van der Waals surface area (Å²) in [6, 6.07) is 14.7. The highest BCUT2D eigenvalue weighted by molar-refractivity contribution is 6.31. The number of carbonyl (C=O) groups is 1. The molecule has 6 heteroatoms. The Hall–Kier alpha value is -2.37. The summed E-state index contributed by atoms with van der Waals surface area (Å²) in [5, 5.41) is 17.8. The molecule has 0 aliphatic carbocycles. The standard InChI is InChI=1S/C18H16ClN3O2/c1-11-16(23)18(22(20-11)13-6-4-3-5-7-13)15-9-8-12(19)10-14(15)17(24)21(18)2/h3-10,16,23H,1-2H3/t16-,18+/m1/s1. The molecular weight excluding hydrogens is 326 g/mol. The van der Waals surface area contributed by atoms with Crippen LogP contribution in [0.2, 0.25) is 5.02 Å². The lowest BCUT2D eigenvalue weighted by molar-refractivity contribution is 0.0295. The fourth-order valence-electron chi connectivity index (χ4n) is 3.64. The normalized spacial score (nSPS) is 25.4. The Morgan fingerprint density at radius 2 is 1.92 bits per heavy atom. The maximum atomic E-state index is 12.8. The van der Waals surface area contributed by atoms with Crippen LogP contribution < -0.4 is 5.01 Å². The molecule has 2 atom stereocenters. The molecule has 2 aromatic carbocycles. The van der Waals surface area contributed by atoms with Gasteiger partial charge in [0.25, 0.3) is 5.91 Å². The van der Waals surface area contributed by atoms with Crippen molar-refractivity contribution in [2.75, 3.05) is 12.1 Å². The van der Waals surface area contributed by atoms with Crippen molar-refractivity contribution in [2.45, 2.75) is 18.7 Å². The molecule has 1 N–H and O–H groups in total. The molecule has 1 spiro atoms. The summed E-state index contributed by atoms with van der Waals surface area (Å²) in [6.07, 6.45) is -0.936. The lowest BCUT2D eigenvalue weighted by Crippen LogP contribution is -2.58. The molecular formula is C18H16ClN3O2. The van der Waals surface area contributed by atoms with E-state index in [1.807, 2.05) is 30.3 Å². The molecule has 0 unspecified atom stereocenters. The molecule has 0 fully saturated rings. The van der Waals surface area contributed by atoms with Gasteiger partial charge in [-0.25, -0.2) is 5.01 Å². The Labute approximate surface area is 144 Å². The maximum absolute atomic E-state index is 12.8. The van der Waals surface area contributed by atoms with E-state index in [1.54, 1.807) is 42.1 Å². The summed E-state index contributed by atoms with van der Waals surface area (Å²) in [6.45, 7) is 1.77. The molecule has 0 bridgehead atoms. The first-order chi connectivity index (χ1) is 11.5. The second-order valence-corrected chi connectivity index (χ2v) is 6.51. The number of carbonyl (C=O) groups excluding carboxylic acids is 1. The number of likely N-dealkylation sites (N-methyl/N-ethyl adjacent to an activating group) is 1. The number of hydrazone groups is 1. The highest BCUT2D eigenvalue weighted by atomic mass is 35.5. The van der Waals surface area contributed by atoms with Gasteiger partial charge in [-0.1, -0.05) is 35.9 Å². The van der Waals surface area contributed by atoms with Crippen molar-refractivity contribution < 1.29 is 9.90 Å². The largest absolute Gasteiger partial charge is 0.382 e. The number of fused-ring (bicyclic) bond motifs is 2. The summed E-state index contributed by atoms with van der Waals surface area (Å²) >= 11 is 6.07. The number of amides is 1. The number of hydrogen-bond acceptors (Lipinski definition) is 4. The minimum Gasteiger partial charge on any atom is -0.382 e. The van der Waals surface area contributed by atoms with Gasteiger partial charge >= 0.3 is 0 Å². The molecule has 1 amide bonds. The molecule has 24 heavy (non-hydrogen) atoms. The van der Waals surface area contributed by atoms with Crippen LogP contribution in [0.4, 0.5) is 5.69 Å². The van der Waals surface area contributed by atoms with Crippen LogP contribution in [0.15, 0.2) is 53.6 Å². The molecule has 0 aromatic heterocycles. The molecule has 5 nitrogen and oxygen atoms in total. The lowest BCUT2D eigenvalue weighted by Gasteiger charge is -2.42. The number of halogens is 1. The van der Waals surface area contributed by atoms with Gasteiger partial charge in [0.1, 0.15) is 6.10 Å². The Morgan fingerprint density at radius 3 is 2.62 bits per heavy atom. The quantitative estimate of drug-likeness (QED) is 0.867. The summed E-state index contributed by atoms with van der Waals surface area (Å²) in [5.74, 6) is -0.183. The van der Waals surface area contributed by atoms with E-state index in [0.29, 0.717) is 21.9 Å². The third-order valence-electron chi connectivity index (χ3n) is 4.78. The first-order valence-electron chi connectivity index (χ1n) is 7.64. The zero-order valence-corrected chi connectivity index (χ0v) is 14.0. The lowest BCUT2D eigenvalue weighted by atomic mass is 9.90. The van der Waals surface area contributed by atoms with Gasteiger partial charge in [-0.3, -0.25) is 4.79 Å². The van der Waals surface area contributed by atoms with Gasteiger partial charge in [-0.15, -0.1) is 0 Å². The van der Waals surface area contributed by atoms with E-state index < -0.39 is 11.8 Å². The smallest absolute Gasteiger partial charge is 0.256 e. The van der Waals surface area contributed by atoms with Crippen molar-refractivity contribution in [3.8, 4) is 0 Å². The fourth-order valence-corrected chi connectivity index (χ4v) is 3.81. The number of para-hydroxylation sites is 1. The minimum absolute atomic E-state index is 0.183. The number of aliphatic hydroxyl groups excluding tert-OH is 1. The number of anilines is 1.